The quantitative estimate of drug-likeness (QED) is 0.764. The molecule has 0 aliphatic carbocycles. The SMILES string of the molecule is Cc1ccc(-c2cnc(C(N)c3ccccc3)[nH]2)s1. The Morgan fingerprint density at radius 1 is 1.16 bits per heavy atom. The Labute approximate surface area is 116 Å². The second-order valence-corrected chi connectivity index (χ2v) is 5.77. The first-order chi connectivity index (χ1) is 9.24. The second kappa shape index (κ2) is 4.99. The predicted octanol–water partition coefficient (Wildman–Crippen LogP) is 3.49. The number of hydrogen-bond acceptors (Lipinski definition) is 3. The van der Waals surface area contributed by atoms with Crippen molar-refractivity contribution in [2.75, 3.05) is 0 Å². The molecule has 0 fully saturated rings. The van der Waals surface area contributed by atoms with Crippen LogP contribution in [-0.4, -0.2) is 9.97 Å². The Morgan fingerprint density at radius 3 is 2.63 bits per heavy atom. The number of nitrogens with two attached hydrogens (primary N) is 1. The van der Waals surface area contributed by atoms with Gasteiger partial charge in [0.2, 0.25) is 0 Å². The molecular formula is C15H15N3S. The van der Waals surface area contributed by atoms with Crippen LogP contribution >= 0.6 is 11.3 Å². The highest BCUT2D eigenvalue weighted by molar-refractivity contribution is 7.15. The zero-order chi connectivity index (χ0) is 13.2. The van der Waals surface area contributed by atoms with E-state index in [-0.39, 0.29) is 6.04 Å². The lowest BCUT2D eigenvalue weighted by atomic mass is 10.1. The van der Waals surface area contributed by atoms with Crippen molar-refractivity contribution in [3.05, 3.63) is 64.9 Å². The first kappa shape index (κ1) is 12.1. The molecule has 0 aliphatic rings. The summed E-state index contributed by atoms with van der Waals surface area (Å²) in [5.41, 5.74) is 8.31. The lowest BCUT2D eigenvalue weighted by molar-refractivity contribution is 0.801. The van der Waals surface area contributed by atoms with Crippen molar-refractivity contribution < 1.29 is 0 Å². The van der Waals surface area contributed by atoms with Crippen LogP contribution in [0.3, 0.4) is 0 Å². The van der Waals surface area contributed by atoms with Crippen molar-refractivity contribution in [3.8, 4) is 10.6 Å². The lowest BCUT2D eigenvalue weighted by Gasteiger charge is -2.08. The average Bonchev–Trinajstić information content (AvgIpc) is 3.07. The Balaban J connectivity index is 1.89. The van der Waals surface area contributed by atoms with E-state index in [1.165, 1.54) is 9.75 Å². The fourth-order valence-corrected chi connectivity index (χ4v) is 2.85. The Hall–Kier alpha value is -1.91. The summed E-state index contributed by atoms with van der Waals surface area (Å²) in [5, 5.41) is 0. The van der Waals surface area contributed by atoms with E-state index >= 15 is 0 Å². The molecule has 3 aromatic rings. The van der Waals surface area contributed by atoms with Gasteiger partial charge in [0.05, 0.1) is 22.8 Å². The number of aryl methyl sites for hydroxylation is 1. The van der Waals surface area contributed by atoms with Gasteiger partial charge in [0.1, 0.15) is 5.82 Å². The van der Waals surface area contributed by atoms with E-state index in [1.807, 2.05) is 36.5 Å². The standard InChI is InChI=1S/C15H15N3S/c1-10-7-8-13(19-10)12-9-17-15(18-12)14(16)11-5-3-2-4-6-11/h2-9,14H,16H2,1H3,(H,17,18). The highest BCUT2D eigenvalue weighted by Crippen LogP contribution is 2.27. The number of nitrogens with zero attached hydrogens (tertiary/aromatic N) is 1. The summed E-state index contributed by atoms with van der Waals surface area (Å²) in [6.45, 7) is 2.10. The third kappa shape index (κ3) is 2.45. The van der Waals surface area contributed by atoms with Crippen LogP contribution in [0.1, 0.15) is 22.3 Å². The van der Waals surface area contributed by atoms with Crippen molar-refractivity contribution in [3.63, 3.8) is 0 Å². The van der Waals surface area contributed by atoms with Gasteiger partial charge in [0, 0.05) is 4.88 Å². The zero-order valence-corrected chi connectivity index (χ0v) is 11.4. The van der Waals surface area contributed by atoms with Gasteiger partial charge in [-0.1, -0.05) is 30.3 Å². The van der Waals surface area contributed by atoms with E-state index in [2.05, 4.69) is 29.0 Å². The summed E-state index contributed by atoms with van der Waals surface area (Å²) < 4.78 is 0. The maximum Gasteiger partial charge on any atom is 0.128 e. The Bertz CT molecular complexity index is 670. The summed E-state index contributed by atoms with van der Waals surface area (Å²) in [6.07, 6.45) is 1.85. The number of aromatic amines is 1. The first-order valence-electron chi connectivity index (χ1n) is 6.16. The third-order valence-electron chi connectivity index (χ3n) is 3.05. The first-order valence-corrected chi connectivity index (χ1v) is 6.98. The van der Waals surface area contributed by atoms with E-state index in [1.54, 1.807) is 11.3 Å². The van der Waals surface area contributed by atoms with E-state index in [4.69, 9.17) is 5.73 Å². The van der Waals surface area contributed by atoms with Gasteiger partial charge in [-0.2, -0.15) is 0 Å². The van der Waals surface area contributed by atoms with Crippen LogP contribution in [0.2, 0.25) is 0 Å². The van der Waals surface area contributed by atoms with E-state index < -0.39 is 0 Å². The van der Waals surface area contributed by atoms with E-state index in [0.29, 0.717) is 0 Å². The molecular weight excluding hydrogens is 254 g/mol. The van der Waals surface area contributed by atoms with Crippen LogP contribution in [0, 0.1) is 6.92 Å². The number of imidazole rings is 1. The average molecular weight is 269 g/mol. The largest absolute Gasteiger partial charge is 0.340 e. The molecule has 2 aromatic heterocycles. The van der Waals surface area contributed by atoms with Crippen molar-refractivity contribution in [2.45, 2.75) is 13.0 Å². The number of H-pyrrole nitrogens is 1. The smallest absolute Gasteiger partial charge is 0.128 e. The number of benzene rings is 1. The molecule has 0 bridgehead atoms. The zero-order valence-electron chi connectivity index (χ0n) is 10.6. The molecule has 0 aliphatic heterocycles. The normalized spacial score (nSPS) is 12.5. The minimum absolute atomic E-state index is 0.212. The van der Waals surface area contributed by atoms with Gasteiger partial charge in [-0.15, -0.1) is 11.3 Å². The minimum Gasteiger partial charge on any atom is -0.340 e. The van der Waals surface area contributed by atoms with Crippen molar-refractivity contribution in [2.24, 2.45) is 5.73 Å². The molecule has 1 unspecified atom stereocenters. The number of rotatable bonds is 3. The Kier molecular flexibility index (Phi) is 3.19. The van der Waals surface area contributed by atoms with Gasteiger partial charge >= 0.3 is 0 Å². The highest BCUT2D eigenvalue weighted by atomic mass is 32.1. The summed E-state index contributed by atoms with van der Waals surface area (Å²) in [5.74, 6) is 0.798. The molecule has 2 heterocycles. The number of hydrogen-bond donors (Lipinski definition) is 2. The maximum absolute atomic E-state index is 6.22. The van der Waals surface area contributed by atoms with Crippen LogP contribution in [0.15, 0.2) is 48.7 Å². The molecule has 0 spiro atoms. The fraction of sp³-hybridized carbons (Fsp3) is 0.133. The predicted molar refractivity (Wildman–Crippen MR) is 79.1 cm³/mol. The molecule has 4 heteroatoms. The molecule has 0 radical (unpaired) electrons. The van der Waals surface area contributed by atoms with Gasteiger partial charge in [-0.3, -0.25) is 0 Å². The highest BCUT2D eigenvalue weighted by Gasteiger charge is 2.13. The summed E-state index contributed by atoms with van der Waals surface area (Å²) in [6, 6.07) is 14.0. The van der Waals surface area contributed by atoms with Gasteiger partial charge in [0.25, 0.3) is 0 Å². The van der Waals surface area contributed by atoms with E-state index in [9.17, 15) is 0 Å². The van der Waals surface area contributed by atoms with Crippen molar-refractivity contribution >= 4 is 11.3 Å². The fourth-order valence-electron chi connectivity index (χ4n) is 2.02. The third-order valence-corrected chi connectivity index (χ3v) is 4.09. The van der Waals surface area contributed by atoms with Gasteiger partial charge in [-0.25, -0.2) is 4.98 Å². The summed E-state index contributed by atoms with van der Waals surface area (Å²) in [7, 11) is 0. The van der Waals surface area contributed by atoms with Crippen LogP contribution in [0.4, 0.5) is 0 Å². The van der Waals surface area contributed by atoms with Crippen molar-refractivity contribution in [1.82, 2.24) is 9.97 Å². The van der Waals surface area contributed by atoms with Gasteiger partial charge in [0.15, 0.2) is 0 Å². The van der Waals surface area contributed by atoms with Crippen LogP contribution in [0.25, 0.3) is 10.6 Å². The van der Waals surface area contributed by atoms with Crippen LogP contribution in [0.5, 0.6) is 0 Å². The molecule has 3 N–H and O–H groups in total. The maximum atomic E-state index is 6.22. The molecule has 0 saturated carbocycles. The van der Waals surface area contributed by atoms with Gasteiger partial charge < -0.3 is 10.7 Å². The Morgan fingerprint density at radius 2 is 1.95 bits per heavy atom. The second-order valence-electron chi connectivity index (χ2n) is 4.48. The lowest BCUT2D eigenvalue weighted by Crippen LogP contribution is -2.13. The number of thiophene rings is 1. The van der Waals surface area contributed by atoms with Crippen LogP contribution in [-0.2, 0) is 0 Å². The summed E-state index contributed by atoms with van der Waals surface area (Å²) >= 11 is 1.75. The molecule has 0 amide bonds. The number of aromatic nitrogens is 2. The molecule has 3 rings (SSSR count). The molecule has 19 heavy (non-hydrogen) atoms. The molecule has 1 aromatic carbocycles. The summed E-state index contributed by atoms with van der Waals surface area (Å²) in [4.78, 5) is 10.2. The van der Waals surface area contributed by atoms with Crippen molar-refractivity contribution in [1.29, 1.82) is 0 Å². The minimum atomic E-state index is -0.212. The topological polar surface area (TPSA) is 54.7 Å². The van der Waals surface area contributed by atoms with E-state index in [0.717, 1.165) is 17.1 Å². The molecule has 96 valence electrons. The number of nitrogens with one attached hydrogen (secondary N) is 1. The molecule has 0 saturated heterocycles. The molecule has 1 atom stereocenters. The van der Waals surface area contributed by atoms with Gasteiger partial charge in [-0.05, 0) is 24.6 Å². The molecule has 3 nitrogen and oxygen atoms in total. The van der Waals surface area contributed by atoms with Crippen LogP contribution < -0.4 is 5.73 Å². The monoisotopic (exact) mass is 269 g/mol.